The molecule has 0 aliphatic carbocycles. The van der Waals surface area contributed by atoms with Crippen molar-refractivity contribution in [3.05, 3.63) is 0 Å². The molecule has 6 nitrogen and oxygen atoms in total. The van der Waals surface area contributed by atoms with Crippen molar-refractivity contribution >= 4 is 15.9 Å². The van der Waals surface area contributed by atoms with Gasteiger partial charge in [-0.3, -0.25) is 4.79 Å². The molecule has 1 saturated heterocycles. The minimum atomic E-state index is -3.31. The second kappa shape index (κ2) is 5.32. The van der Waals surface area contributed by atoms with Gasteiger partial charge in [-0.15, -0.1) is 0 Å². The van der Waals surface area contributed by atoms with Crippen LogP contribution in [-0.2, 0) is 19.6 Å². The third kappa shape index (κ3) is 3.93. The summed E-state index contributed by atoms with van der Waals surface area (Å²) in [6.07, 6.45) is 1.09. The van der Waals surface area contributed by atoms with Gasteiger partial charge in [-0.1, -0.05) is 0 Å². The Morgan fingerprint density at radius 3 is 2.59 bits per heavy atom. The number of hydrogen-bond donors (Lipinski definition) is 0. The van der Waals surface area contributed by atoms with Crippen LogP contribution in [0.2, 0.25) is 0 Å². The number of ether oxygens (including phenoxy) is 1. The highest BCUT2D eigenvalue weighted by Crippen LogP contribution is 2.12. The SMILES string of the molecule is C[C@@H]1CO[C@@H](C)CN1C(=O)CN(C)S(C)(=O)=O. The molecule has 2 atom stereocenters. The Bertz CT molecular complexity index is 382. The number of carbonyl (C=O) groups excluding carboxylic acids is 1. The monoisotopic (exact) mass is 264 g/mol. The lowest BCUT2D eigenvalue weighted by Crippen LogP contribution is -2.53. The van der Waals surface area contributed by atoms with Crippen molar-refractivity contribution in [3.63, 3.8) is 0 Å². The topological polar surface area (TPSA) is 66.9 Å². The number of hydrogen-bond acceptors (Lipinski definition) is 4. The minimum absolute atomic E-state index is 0.00121. The third-order valence-electron chi connectivity index (χ3n) is 2.85. The first-order chi connectivity index (χ1) is 7.71. The molecule has 1 rings (SSSR count). The van der Waals surface area contributed by atoms with E-state index in [4.69, 9.17) is 4.74 Å². The Morgan fingerprint density at radius 2 is 2.06 bits per heavy atom. The second-order valence-corrected chi connectivity index (χ2v) is 6.65. The lowest BCUT2D eigenvalue weighted by atomic mass is 10.2. The van der Waals surface area contributed by atoms with E-state index in [1.54, 1.807) is 4.90 Å². The first-order valence-corrected chi connectivity index (χ1v) is 7.39. The molecule has 0 spiro atoms. The maximum Gasteiger partial charge on any atom is 0.238 e. The molecule has 17 heavy (non-hydrogen) atoms. The Kier molecular flexibility index (Phi) is 4.51. The molecule has 1 aliphatic rings. The van der Waals surface area contributed by atoms with Crippen molar-refractivity contribution in [1.82, 2.24) is 9.21 Å². The zero-order valence-electron chi connectivity index (χ0n) is 10.7. The van der Waals surface area contributed by atoms with Gasteiger partial charge in [0.1, 0.15) is 0 Å². The van der Waals surface area contributed by atoms with Crippen LogP contribution in [0.5, 0.6) is 0 Å². The fourth-order valence-electron chi connectivity index (χ4n) is 1.65. The van der Waals surface area contributed by atoms with Crippen LogP contribution in [0.1, 0.15) is 13.8 Å². The zero-order valence-corrected chi connectivity index (χ0v) is 11.5. The lowest BCUT2D eigenvalue weighted by Gasteiger charge is -2.37. The first-order valence-electron chi connectivity index (χ1n) is 5.54. The lowest BCUT2D eigenvalue weighted by molar-refractivity contribution is -0.143. The Hall–Kier alpha value is -0.660. The van der Waals surface area contributed by atoms with E-state index in [-0.39, 0.29) is 24.6 Å². The molecule has 0 aromatic carbocycles. The van der Waals surface area contributed by atoms with E-state index in [0.717, 1.165) is 10.6 Å². The van der Waals surface area contributed by atoms with Crippen LogP contribution in [-0.4, -0.2) is 68.7 Å². The summed E-state index contributed by atoms with van der Waals surface area (Å²) in [7, 11) is -1.91. The van der Waals surface area contributed by atoms with Gasteiger partial charge >= 0.3 is 0 Å². The summed E-state index contributed by atoms with van der Waals surface area (Å²) in [5.41, 5.74) is 0. The van der Waals surface area contributed by atoms with Crippen LogP contribution in [0.4, 0.5) is 0 Å². The molecule has 0 saturated carbocycles. The van der Waals surface area contributed by atoms with E-state index in [0.29, 0.717) is 13.2 Å². The Balaban J connectivity index is 2.63. The van der Waals surface area contributed by atoms with Crippen LogP contribution in [0, 0.1) is 0 Å². The molecular weight excluding hydrogens is 244 g/mol. The summed E-state index contributed by atoms with van der Waals surface area (Å²) >= 11 is 0. The highest BCUT2D eigenvalue weighted by molar-refractivity contribution is 7.88. The quantitative estimate of drug-likeness (QED) is 0.690. The number of carbonyl (C=O) groups is 1. The predicted molar refractivity (Wildman–Crippen MR) is 64.1 cm³/mol. The summed E-state index contributed by atoms with van der Waals surface area (Å²) in [4.78, 5) is 13.7. The van der Waals surface area contributed by atoms with Crippen molar-refractivity contribution in [2.45, 2.75) is 26.0 Å². The van der Waals surface area contributed by atoms with Gasteiger partial charge < -0.3 is 9.64 Å². The Labute approximate surface area is 103 Å². The van der Waals surface area contributed by atoms with Crippen molar-refractivity contribution in [2.24, 2.45) is 0 Å². The smallest absolute Gasteiger partial charge is 0.238 e. The number of nitrogens with zero attached hydrogens (tertiary/aromatic N) is 2. The van der Waals surface area contributed by atoms with Crippen LogP contribution in [0.3, 0.4) is 0 Å². The molecule has 0 unspecified atom stereocenters. The summed E-state index contributed by atoms with van der Waals surface area (Å²) in [6, 6.07) is -0.00772. The average molecular weight is 264 g/mol. The van der Waals surface area contributed by atoms with E-state index in [2.05, 4.69) is 0 Å². The molecule has 1 amide bonds. The van der Waals surface area contributed by atoms with Crippen LogP contribution in [0.25, 0.3) is 0 Å². The average Bonchev–Trinajstić information content (AvgIpc) is 2.20. The number of sulfonamides is 1. The van der Waals surface area contributed by atoms with E-state index in [1.165, 1.54) is 7.05 Å². The van der Waals surface area contributed by atoms with Gasteiger partial charge in [0, 0.05) is 13.6 Å². The van der Waals surface area contributed by atoms with Gasteiger partial charge in [-0.2, -0.15) is 4.31 Å². The maximum atomic E-state index is 12.0. The van der Waals surface area contributed by atoms with Gasteiger partial charge in [-0.25, -0.2) is 8.42 Å². The van der Waals surface area contributed by atoms with Gasteiger partial charge in [0.05, 0.1) is 31.6 Å². The Morgan fingerprint density at radius 1 is 1.47 bits per heavy atom. The van der Waals surface area contributed by atoms with Crippen LogP contribution >= 0.6 is 0 Å². The van der Waals surface area contributed by atoms with E-state index in [9.17, 15) is 13.2 Å². The highest BCUT2D eigenvalue weighted by Gasteiger charge is 2.29. The number of likely N-dealkylation sites (N-methyl/N-ethyl adjacent to an activating group) is 1. The van der Waals surface area contributed by atoms with Crippen molar-refractivity contribution in [3.8, 4) is 0 Å². The summed E-state index contributed by atoms with van der Waals surface area (Å²) in [6.45, 7) is 4.68. The van der Waals surface area contributed by atoms with Gasteiger partial charge in [0.25, 0.3) is 0 Å². The molecule has 1 fully saturated rings. The zero-order chi connectivity index (χ0) is 13.2. The van der Waals surface area contributed by atoms with Crippen molar-refractivity contribution < 1.29 is 17.9 Å². The predicted octanol–water partition coefficient (Wildman–Crippen LogP) is -0.486. The molecule has 0 aromatic rings. The summed E-state index contributed by atoms with van der Waals surface area (Å²) in [5.74, 6) is -0.180. The van der Waals surface area contributed by atoms with Gasteiger partial charge in [-0.05, 0) is 13.8 Å². The summed E-state index contributed by atoms with van der Waals surface area (Å²) in [5, 5.41) is 0. The molecule has 7 heteroatoms. The van der Waals surface area contributed by atoms with Crippen molar-refractivity contribution in [1.29, 1.82) is 0 Å². The second-order valence-electron chi connectivity index (χ2n) is 4.56. The molecule has 0 N–H and O–H groups in total. The highest BCUT2D eigenvalue weighted by atomic mass is 32.2. The van der Waals surface area contributed by atoms with E-state index >= 15 is 0 Å². The molecule has 0 bridgehead atoms. The van der Waals surface area contributed by atoms with E-state index in [1.807, 2.05) is 13.8 Å². The van der Waals surface area contributed by atoms with Crippen LogP contribution < -0.4 is 0 Å². The summed E-state index contributed by atoms with van der Waals surface area (Å²) < 4.78 is 28.9. The van der Waals surface area contributed by atoms with Crippen molar-refractivity contribution in [2.75, 3.05) is 33.0 Å². The number of amides is 1. The van der Waals surface area contributed by atoms with E-state index < -0.39 is 10.0 Å². The van der Waals surface area contributed by atoms with Gasteiger partial charge in [0.15, 0.2) is 0 Å². The number of morpholine rings is 1. The fourth-order valence-corrected chi connectivity index (χ4v) is 1.99. The first kappa shape index (κ1) is 14.4. The largest absolute Gasteiger partial charge is 0.375 e. The number of rotatable bonds is 3. The molecule has 1 heterocycles. The van der Waals surface area contributed by atoms with Gasteiger partial charge in [0.2, 0.25) is 15.9 Å². The fraction of sp³-hybridized carbons (Fsp3) is 0.900. The third-order valence-corrected chi connectivity index (χ3v) is 4.11. The minimum Gasteiger partial charge on any atom is -0.375 e. The molecule has 0 aromatic heterocycles. The molecular formula is C10H20N2O4S. The maximum absolute atomic E-state index is 12.0. The standard InChI is InChI=1S/C10H20N2O4S/c1-8-7-16-9(2)5-12(8)10(13)6-11(3)17(4,14)15/h8-9H,5-7H2,1-4H3/t8-,9+/m1/s1. The van der Waals surface area contributed by atoms with Crippen LogP contribution in [0.15, 0.2) is 0 Å². The molecule has 100 valence electrons. The normalized spacial score (nSPS) is 26.3. The molecule has 1 aliphatic heterocycles. The molecule has 0 radical (unpaired) electrons.